The Morgan fingerprint density at radius 2 is 0.627 bits per heavy atom. The standard InChI is InChI=1S/C69H45N6/c1-5-17-45(18-6-1)67-70-68(46-19-7-2-8-20-46)72-69(71-67)47-29-35-54(36-30-47)75-65-39-33-50(48-31-37-63-57(41-48)55-25-13-15-27-61(55)73(63)52-21-9-3-10-22-52)43-59(65)60-44-51(34-40-66(60)75)49-32-38-64-58(42-49)56-26-14-16-28-62(56)74(64)53-23-11-4-12-24-53/h1-44,67H/q-1. The fraction of sp³-hybridized carbons (Fsp3) is 0.0145. The zero-order valence-electron chi connectivity index (χ0n) is 40.7. The molecule has 6 heteroatoms. The molecule has 1 atom stereocenters. The first-order valence-corrected chi connectivity index (χ1v) is 25.5. The quantitative estimate of drug-likeness (QED) is 0.146. The van der Waals surface area contributed by atoms with Gasteiger partial charge in [-0.15, -0.1) is 0 Å². The van der Waals surface area contributed by atoms with Crippen molar-refractivity contribution in [1.29, 1.82) is 0 Å². The van der Waals surface area contributed by atoms with E-state index >= 15 is 0 Å². The third-order valence-corrected chi connectivity index (χ3v) is 15.0. The zero-order valence-corrected chi connectivity index (χ0v) is 40.7. The minimum atomic E-state index is -0.402. The Morgan fingerprint density at radius 1 is 0.280 bits per heavy atom. The molecule has 0 N–H and O–H groups in total. The minimum absolute atomic E-state index is 0.402. The molecule has 1 unspecified atom stereocenters. The van der Waals surface area contributed by atoms with Crippen molar-refractivity contribution in [1.82, 2.24) is 13.7 Å². The van der Waals surface area contributed by atoms with Crippen LogP contribution in [0.4, 0.5) is 0 Å². The Kier molecular flexibility index (Phi) is 9.85. The highest BCUT2D eigenvalue weighted by Gasteiger charge is 2.20. The minimum Gasteiger partial charge on any atom is -0.438 e. The number of amidine groups is 2. The van der Waals surface area contributed by atoms with Crippen molar-refractivity contribution in [3.63, 3.8) is 0 Å². The molecule has 4 heterocycles. The predicted molar refractivity (Wildman–Crippen MR) is 312 cm³/mol. The molecule has 3 aromatic heterocycles. The van der Waals surface area contributed by atoms with Gasteiger partial charge in [-0.1, -0.05) is 176 Å². The van der Waals surface area contributed by atoms with Crippen molar-refractivity contribution in [3.05, 3.63) is 289 Å². The second kappa shape index (κ2) is 17.3. The molecule has 0 radical (unpaired) electrons. The summed E-state index contributed by atoms with van der Waals surface area (Å²) in [5, 5.41) is 12.4. The van der Waals surface area contributed by atoms with E-state index in [1.807, 2.05) is 36.4 Å². The third kappa shape index (κ3) is 7.10. The van der Waals surface area contributed by atoms with Crippen LogP contribution < -0.4 is 0 Å². The fourth-order valence-electron chi connectivity index (χ4n) is 11.5. The lowest BCUT2D eigenvalue weighted by Crippen LogP contribution is -2.15. The van der Waals surface area contributed by atoms with Gasteiger partial charge in [0.15, 0.2) is 0 Å². The summed E-state index contributed by atoms with van der Waals surface area (Å²) in [4.78, 5) is 10.1. The van der Waals surface area contributed by atoms with E-state index in [9.17, 15) is 0 Å². The lowest BCUT2D eigenvalue weighted by Gasteiger charge is -2.32. The van der Waals surface area contributed by atoms with Crippen LogP contribution in [-0.2, 0) is 0 Å². The van der Waals surface area contributed by atoms with Gasteiger partial charge in [0.25, 0.3) is 0 Å². The van der Waals surface area contributed by atoms with Crippen LogP contribution in [0.2, 0.25) is 0 Å². The number of nitrogens with zero attached hydrogens (tertiary/aromatic N) is 6. The number of rotatable bonds is 8. The first kappa shape index (κ1) is 42.6. The van der Waals surface area contributed by atoms with Gasteiger partial charge in [-0.05, 0) is 136 Å². The largest absolute Gasteiger partial charge is 0.438 e. The molecule has 1 aliphatic heterocycles. The molecule has 0 spiro atoms. The van der Waals surface area contributed by atoms with E-state index in [0.29, 0.717) is 11.7 Å². The van der Waals surface area contributed by atoms with Gasteiger partial charge in [0.1, 0.15) is 0 Å². The van der Waals surface area contributed by atoms with Crippen molar-refractivity contribution in [2.24, 2.45) is 9.98 Å². The number of benzene rings is 11. The number of aliphatic imine (C=N–C) groups is 2. The second-order valence-electron chi connectivity index (χ2n) is 19.4. The number of para-hydroxylation sites is 4. The first-order chi connectivity index (χ1) is 37.2. The average molecular weight is 958 g/mol. The Balaban J connectivity index is 0.883. The lowest BCUT2D eigenvalue weighted by molar-refractivity contribution is 0.878. The van der Waals surface area contributed by atoms with E-state index in [1.54, 1.807) is 0 Å². The highest BCUT2D eigenvalue weighted by molar-refractivity contribution is 6.19. The summed E-state index contributed by atoms with van der Waals surface area (Å²) in [6, 6.07) is 95.8. The second-order valence-corrected chi connectivity index (χ2v) is 19.4. The van der Waals surface area contributed by atoms with Gasteiger partial charge < -0.3 is 24.0 Å². The van der Waals surface area contributed by atoms with Gasteiger partial charge in [-0.25, -0.2) is 0 Å². The van der Waals surface area contributed by atoms with Crippen LogP contribution in [0.15, 0.2) is 277 Å². The SMILES string of the molecule is c1ccc(C2=NC(c3ccccc3)[N-]C(c3ccc(-n4c5ccc(-c6ccc7c(c6)c6ccccc6n7-c6ccccc6)cc5c5cc(-c6ccc7c(c6)c6ccccc6n7-c6ccccc6)ccc54)cc3)=N2)cc1. The molecular weight excluding hydrogens is 913 g/mol. The van der Waals surface area contributed by atoms with Crippen molar-refractivity contribution in [2.45, 2.75) is 6.17 Å². The Morgan fingerprint density at radius 3 is 1.08 bits per heavy atom. The molecule has 11 aromatic carbocycles. The van der Waals surface area contributed by atoms with Crippen molar-refractivity contribution in [2.75, 3.05) is 0 Å². The van der Waals surface area contributed by atoms with Crippen LogP contribution in [0.25, 0.3) is 110 Å². The summed E-state index contributed by atoms with van der Waals surface area (Å²) >= 11 is 0. The first-order valence-electron chi connectivity index (χ1n) is 25.5. The van der Waals surface area contributed by atoms with Crippen LogP contribution >= 0.6 is 0 Å². The highest BCUT2D eigenvalue weighted by atomic mass is 15.2. The predicted octanol–water partition coefficient (Wildman–Crippen LogP) is 17.6. The van der Waals surface area contributed by atoms with Gasteiger partial charge in [-0.3, -0.25) is 4.99 Å². The molecule has 352 valence electrons. The summed E-state index contributed by atoms with van der Waals surface area (Å²) in [5.74, 6) is 1.34. The van der Waals surface area contributed by atoms with E-state index in [-0.39, 0.29) is 0 Å². The molecule has 0 bridgehead atoms. The Hall–Kier alpha value is -10.0. The van der Waals surface area contributed by atoms with Gasteiger partial charge in [-0.2, -0.15) is 0 Å². The van der Waals surface area contributed by atoms with E-state index in [4.69, 9.17) is 15.3 Å². The van der Waals surface area contributed by atoms with E-state index in [2.05, 4.69) is 244 Å². The van der Waals surface area contributed by atoms with E-state index in [1.165, 1.54) is 65.5 Å². The van der Waals surface area contributed by atoms with Crippen molar-refractivity contribution < 1.29 is 0 Å². The molecule has 0 aliphatic carbocycles. The topological polar surface area (TPSA) is 53.6 Å². The number of hydrogen-bond acceptors (Lipinski definition) is 2. The van der Waals surface area contributed by atoms with Crippen LogP contribution in [0.5, 0.6) is 0 Å². The summed E-state index contributed by atoms with van der Waals surface area (Å²) < 4.78 is 7.15. The molecule has 14 aromatic rings. The molecule has 75 heavy (non-hydrogen) atoms. The van der Waals surface area contributed by atoms with Crippen LogP contribution in [0.3, 0.4) is 0 Å². The van der Waals surface area contributed by atoms with Crippen LogP contribution in [-0.4, -0.2) is 25.4 Å². The lowest BCUT2D eigenvalue weighted by atomic mass is 9.98. The monoisotopic (exact) mass is 957 g/mol. The molecule has 1 aliphatic rings. The molecule has 0 saturated heterocycles. The van der Waals surface area contributed by atoms with Gasteiger partial charge in [0, 0.05) is 49.4 Å². The summed E-state index contributed by atoms with van der Waals surface area (Å²) in [6.45, 7) is 0. The third-order valence-electron chi connectivity index (χ3n) is 15.0. The summed E-state index contributed by atoms with van der Waals surface area (Å²) in [7, 11) is 0. The smallest absolute Gasteiger partial charge is 0.0822 e. The molecular formula is C69H45N6-. The summed E-state index contributed by atoms with van der Waals surface area (Å²) in [5.41, 5.74) is 18.0. The van der Waals surface area contributed by atoms with E-state index in [0.717, 1.165) is 55.9 Å². The number of aromatic nitrogens is 3. The van der Waals surface area contributed by atoms with Crippen molar-refractivity contribution in [3.8, 4) is 39.3 Å². The number of hydrogen-bond donors (Lipinski definition) is 0. The summed E-state index contributed by atoms with van der Waals surface area (Å²) in [6.07, 6.45) is -0.402. The van der Waals surface area contributed by atoms with Crippen LogP contribution in [0.1, 0.15) is 22.9 Å². The number of fused-ring (bicyclic) bond motifs is 9. The molecule has 6 nitrogen and oxygen atoms in total. The maximum Gasteiger partial charge on any atom is 0.0822 e. The van der Waals surface area contributed by atoms with Gasteiger partial charge in [0.05, 0.1) is 45.1 Å². The molecule has 15 rings (SSSR count). The maximum absolute atomic E-state index is 5.12. The van der Waals surface area contributed by atoms with Crippen molar-refractivity contribution >= 4 is 77.1 Å². The molecule has 0 fully saturated rings. The van der Waals surface area contributed by atoms with Gasteiger partial charge >= 0.3 is 0 Å². The zero-order chi connectivity index (χ0) is 49.4. The van der Waals surface area contributed by atoms with Gasteiger partial charge in [0.2, 0.25) is 0 Å². The fourth-order valence-corrected chi connectivity index (χ4v) is 11.5. The maximum atomic E-state index is 5.12. The highest BCUT2D eigenvalue weighted by Crippen LogP contribution is 2.42. The Labute approximate surface area is 433 Å². The average Bonchev–Trinajstić information content (AvgIpc) is 4.18. The van der Waals surface area contributed by atoms with Crippen LogP contribution in [0, 0.1) is 0 Å². The Bertz CT molecular complexity index is 4370. The normalized spacial score (nSPS) is 13.7. The van der Waals surface area contributed by atoms with E-state index < -0.39 is 6.17 Å². The molecule has 0 amide bonds. The molecule has 0 saturated carbocycles.